The lowest BCUT2D eigenvalue weighted by Crippen LogP contribution is -2.12. The average Bonchev–Trinajstić information content (AvgIpc) is 3.12. The zero-order valence-electron chi connectivity index (χ0n) is 18.3. The second-order valence-corrected chi connectivity index (χ2v) is 10.8. The Labute approximate surface area is 172 Å². The molecule has 0 saturated heterocycles. The molecule has 4 heterocycles. The number of benzene rings is 1. The van der Waals surface area contributed by atoms with Crippen LogP contribution < -0.4 is 0 Å². The van der Waals surface area contributed by atoms with Crippen molar-refractivity contribution in [2.75, 3.05) is 0 Å². The van der Waals surface area contributed by atoms with Gasteiger partial charge in [-0.1, -0.05) is 59.7 Å². The van der Waals surface area contributed by atoms with E-state index in [1.54, 1.807) is 0 Å². The van der Waals surface area contributed by atoms with E-state index in [4.69, 9.17) is 9.97 Å². The minimum atomic E-state index is 0.172. The van der Waals surface area contributed by atoms with Crippen molar-refractivity contribution in [1.82, 2.24) is 14.4 Å². The highest BCUT2D eigenvalue weighted by Crippen LogP contribution is 2.41. The van der Waals surface area contributed by atoms with Gasteiger partial charge in [-0.15, -0.1) is 0 Å². The van der Waals surface area contributed by atoms with Crippen LogP contribution >= 0.6 is 0 Å². The van der Waals surface area contributed by atoms with Gasteiger partial charge in [0.1, 0.15) is 0 Å². The maximum atomic E-state index is 4.86. The molecule has 3 nitrogen and oxygen atoms in total. The van der Waals surface area contributed by atoms with Crippen molar-refractivity contribution in [2.24, 2.45) is 10.8 Å². The molecule has 3 heteroatoms. The molecule has 0 aliphatic heterocycles. The standard InChI is InChI=1S/C26H29N3/c1-25(2,3)14-20-23-18(10-12-27-20)16-8-7-9-17-19-11-13-28-21(15-26(4,5)6)24(19)29(23)22(16)17/h7-13H,14-15H2,1-6H3. The Bertz CT molecular complexity index is 1260. The lowest BCUT2D eigenvalue weighted by atomic mass is 9.89. The number of para-hydroxylation sites is 1. The van der Waals surface area contributed by atoms with Crippen LogP contribution in [-0.4, -0.2) is 14.4 Å². The summed E-state index contributed by atoms with van der Waals surface area (Å²) >= 11 is 0. The second kappa shape index (κ2) is 5.91. The van der Waals surface area contributed by atoms with Crippen molar-refractivity contribution in [1.29, 1.82) is 0 Å². The van der Waals surface area contributed by atoms with E-state index in [1.807, 2.05) is 12.4 Å². The molecular weight excluding hydrogens is 354 g/mol. The van der Waals surface area contributed by atoms with Crippen LogP contribution in [0.5, 0.6) is 0 Å². The lowest BCUT2D eigenvalue weighted by Gasteiger charge is -2.19. The fraction of sp³-hybridized carbons (Fsp3) is 0.385. The van der Waals surface area contributed by atoms with Crippen molar-refractivity contribution >= 4 is 38.1 Å². The average molecular weight is 384 g/mol. The van der Waals surface area contributed by atoms with Crippen molar-refractivity contribution < 1.29 is 0 Å². The van der Waals surface area contributed by atoms with Crippen LogP contribution in [0.4, 0.5) is 0 Å². The largest absolute Gasteiger partial charge is 0.304 e. The van der Waals surface area contributed by atoms with Crippen molar-refractivity contribution in [3.05, 3.63) is 54.1 Å². The molecule has 0 bridgehead atoms. The maximum Gasteiger partial charge on any atom is 0.0758 e. The Balaban J connectivity index is 2.01. The third-order valence-electron chi connectivity index (χ3n) is 5.68. The van der Waals surface area contributed by atoms with E-state index in [-0.39, 0.29) is 10.8 Å². The molecule has 4 aromatic heterocycles. The third kappa shape index (κ3) is 2.87. The van der Waals surface area contributed by atoms with Crippen molar-refractivity contribution in [2.45, 2.75) is 54.4 Å². The Kier molecular flexibility index (Phi) is 3.74. The van der Waals surface area contributed by atoms with Crippen molar-refractivity contribution in [3.63, 3.8) is 0 Å². The number of hydrogen-bond donors (Lipinski definition) is 0. The van der Waals surface area contributed by atoms with Gasteiger partial charge in [-0.3, -0.25) is 9.97 Å². The van der Waals surface area contributed by atoms with Gasteiger partial charge in [0.2, 0.25) is 0 Å². The molecule has 0 atom stereocenters. The molecule has 0 saturated carbocycles. The first-order valence-corrected chi connectivity index (χ1v) is 10.5. The Morgan fingerprint density at radius 2 is 1.03 bits per heavy atom. The van der Waals surface area contributed by atoms with Crippen LogP contribution in [0.1, 0.15) is 52.9 Å². The minimum Gasteiger partial charge on any atom is -0.304 e. The summed E-state index contributed by atoms with van der Waals surface area (Å²) in [6.45, 7) is 13.7. The molecule has 148 valence electrons. The third-order valence-corrected chi connectivity index (χ3v) is 5.68. The van der Waals surface area contributed by atoms with Crippen LogP contribution in [0.2, 0.25) is 0 Å². The number of rotatable bonds is 2. The molecule has 0 aliphatic carbocycles. The first-order chi connectivity index (χ1) is 13.6. The fourth-order valence-electron chi connectivity index (χ4n) is 4.75. The normalized spacial score (nSPS) is 13.4. The Morgan fingerprint density at radius 3 is 1.45 bits per heavy atom. The Morgan fingerprint density at radius 1 is 0.621 bits per heavy atom. The zero-order valence-corrected chi connectivity index (χ0v) is 18.3. The van der Waals surface area contributed by atoms with Gasteiger partial charge in [-0.05, 0) is 35.8 Å². The summed E-state index contributed by atoms with van der Waals surface area (Å²) in [7, 11) is 0. The van der Waals surface area contributed by atoms with E-state index in [2.05, 4.69) is 76.3 Å². The summed E-state index contributed by atoms with van der Waals surface area (Å²) in [5.41, 5.74) is 6.52. The number of hydrogen-bond acceptors (Lipinski definition) is 2. The topological polar surface area (TPSA) is 30.2 Å². The maximum absolute atomic E-state index is 4.86. The van der Waals surface area contributed by atoms with Crippen LogP contribution in [-0.2, 0) is 12.8 Å². The summed E-state index contributed by atoms with van der Waals surface area (Å²) in [6, 6.07) is 11.0. The smallest absolute Gasteiger partial charge is 0.0758 e. The highest BCUT2D eigenvalue weighted by Gasteiger charge is 2.24. The predicted molar refractivity (Wildman–Crippen MR) is 123 cm³/mol. The minimum absolute atomic E-state index is 0.172. The lowest BCUT2D eigenvalue weighted by molar-refractivity contribution is 0.407. The molecule has 0 fully saturated rings. The molecule has 0 N–H and O–H groups in total. The zero-order chi connectivity index (χ0) is 20.6. The molecule has 0 amide bonds. The van der Waals surface area contributed by atoms with Gasteiger partial charge in [0.25, 0.3) is 0 Å². The first kappa shape index (κ1) is 18.4. The van der Waals surface area contributed by atoms with Gasteiger partial charge in [0, 0.05) is 33.9 Å². The van der Waals surface area contributed by atoms with Gasteiger partial charge in [-0.2, -0.15) is 0 Å². The number of pyridine rings is 2. The number of nitrogens with zero attached hydrogens (tertiary/aromatic N) is 3. The molecular formula is C26H29N3. The van der Waals surface area contributed by atoms with E-state index in [1.165, 1.54) is 49.5 Å². The van der Waals surface area contributed by atoms with Gasteiger partial charge < -0.3 is 4.40 Å². The number of aromatic nitrogens is 3. The van der Waals surface area contributed by atoms with Crippen LogP contribution in [0.3, 0.4) is 0 Å². The highest BCUT2D eigenvalue weighted by atomic mass is 15.0. The quantitative estimate of drug-likeness (QED) is 0.335. The van der Waals surface area contributed by atoms with Gasteiger partial charge in [-0.25, -0.2) is 0 Å². The van der Waals surface area contributed by atoms with E-state index in [9.17, 15) is 0 Å². The van der Waals surface area contributed by atoms with E-state index >= 15 is 0 Å². The fourth-order valence-corrected chi connectivity index (χ4v) is 4.75. The predicted octanol–water partition coefficient (Wildman–Crippen LogP) is 6.80. The van der Waals surface area contributed by atoms with Crippen molar-refractivity contribution in [3.8, 4) is 0 Å². The van der Waals surface area contributed by atoms with Gasteiger partial charge >= 0.3 is 0 Å². The molecule has 5 aromatic rings. The Hall–Kier alpha value is -2.68. The van der Waals surface area contributed by atoms with Gasteiger partial charge in [0.15, 0.2) is 0 Å². The second-order valence-electron chi connectivity index (χ2n) is 10.8. The van der Waals surface area contributed by atoms with E-state index in [0.29, 0.717) is 0 Å². The van der Waals surface area contributed by atoms with Crippen LogP contribution in [0.25, 0.3) is 38.1 Å². The molecule has 5 rings (SSSR count). The molecule has 0 radical (unpaired) electrons. The first-order valence-electron chi connectivity index (χ1n) is 10.5. The van der Waals surface area contributed by atoms with Crippen LogP contribution in [0, 0.1) is 10.8 Å². The summed E-state index contributed by atoms with van der Waals surface area (Å²) < 4.78 is 2.47. The van der Waals surface area contributed by atoms with Crippen LogP contribution in [0.15, 0.2) is 42.7 Å². The monoisotopic (exact) mass is 383 g/mol. The molecule has 1 aromatic carbocycles. The summed E-state index contributed by atoms with van der Waals surface area (Å²) in [5.74, 6) is 0. The highest BCUT2D eigenvalue weighted by molar-refractivity contribution is 6.23. The molecule has 0 spiro atoms. The van der Waals surface area contributed by atoms with E-state index in [0.717, 1.165) is 12.8 Å². The summed E-state index contributed by atoms with van der Waals surface area (Å²) in [5, 5.41) is 5.22. The molecule has 0 aliphatic rings. The number of fused-ring (bicyclic) bond motifs is 6. The molecule has 29 heavy (non-hydrogen) atoms. The summed E-state index contributed by atoms with van der Waals surface area (Å²) in [4.78, 5) is 9.71. The summed E-state index contributed by atoms with van der Waals surface area (Å²) in [6.07, 6.45) is 5.84. The van der Waals surface area contributed by atoms with E-state index < -0.39 is 0 Å². The molecule has 0 unspecified atom stereocenters. The SMILES string of the molecule is CC(C)(C)Cc1nccc2c3cccc4c5ccnc(CC(C)(C)C)c5n(c12)c34. The van der Waals surface area contributed by atoms with Gasteiger partial charge in [0.05, 0.1) is 27.9 Å².